The lowest BCUT2D eigenvalue weighted by molar-refractivity contribution is -0.278. The van der Waals surface area contributed by atoms with Gasteiger partial charge in [0.05, 0.1) is 13.3 Å². The standard InChI is InChI=1S/C9H8F6N2O2/c1-18-5-3-17-7(19-9(13,14)15)6(4(5)2-16)8(10,11)12/h3H,2,16H2,1H3. The number of alkyl halides is 6. The highest BCUT2D eigenvalue weighted by Gasteiger charge is 2.43. The zero-order chi connectivity index (χ0) is 14.8. The summed E-state index contributed by atoms with van der Waals surface area (Å²) in [4.78, 5) is 2.97. The highest BCUT2D eigenvalue weighted by atomic mass is 19.4. The van der Waals surface area contributed by atoms with Crippen molar-refractivity contribution in [2.45, 2.75) is 19.1 Å². The summed E-state index contributed by atoms with van der Waals surface area (Å²) >= 11 is 0. The molecule has 0 radical (unpaired) electrons. The summed E-state index contributed by atoms with van der Waals surface area (Å²) in [5.74, 6) is -1.98. The Morgan fingerprint density at radius 3 is 2.16 bits per heavy atom. The molecule has 19 heavy (non-hydrogen) atoms. The Hall–Kier alpha value is -1.71. The normalized spacial score (nSPS) is 12.4. The van der Waals surface area contributed by atoms with Crippen LogP contribution >= 0.6 is 0 Å². The largest absolute Gasteiger partial charge is 0.574 e. The summed E-state index contributed by atoms with van der Waals surface area (Å²) in [6.07, 6.45) is -9.73. The molecule has 0 aliphatic heterocycles. The average Bonchev–Trinajstić information content (AvgIpc) is 2.24. The molecule has 0 saturated carbocycles. The Morgan fingerprint density at radius 2 is 1.79 bits per heavy atom. The predicted molar refractivity (Wildman–Crippen MR) is 50.4 cm³/mol. The molecule has 0 saturated heterocycles. The molecule has 1 rings (SSSR count). The van der Waals surface area contributed by atoms with Crippen LogP contribution in [0.25, 0.3) is 0 Å². The fourth-order valence-corrected chi connectivity index (χ4v) is 1.37. The second kappa shape index (κ2) is 5.11. The number of pyridine rings is 1. The minimum Gasteiger partial charge on any atom is -0.495 e. The first kappa shape index (κ1) is 15.3. The zero-order valence-corrected chi connectivity index (χ0v) is 9.39. The Bertz CT molecular complexity index is 457. The van der Waals surface area contributed by atoms with E-state index < -0.39 is 36.1 Å². The molecule has 0 amide bonds. The van der Waals surface area contributed by atoms with Gasteiger partial charge in [-0.3, -0.25) is 0 Å². The van der Waals surface area contributed by atoms with Crippen LogP contribution in [0, 0.1) is 0 Å². The van der Waals surface area contributed by atoms with Crippen LogP contribution in [-0.2, 0) is 12.7 Å². The first-order valence-corrected chi connectivity index (χ1v) is 4.69. The lowest BCUT2D eigenvalue weighted by Crippen LogP contribution is -2.23. The smallest absolute Gasteiger partial charge is 0.495 e. The number of hydrogen-bond donors (Lipinski definition) is 1. The maximum atomic E-state index is 12.8. The van der Waals surface area contributed by atoms with E-state index in [4.69, 9.17) is 5.73 Å². The fraction of sp³-hybridized carbons (Fsp3) is 0.444. The van der Waals surface area contributed by atoms with E-state index in [-0.39, 0.29) is 5.75 Å². The molecule has 2 N–H and O–H groups in total. The Labute approximate surface area is 103 Å². The molecule has 1 aromatic heterocycles. The van der Waals surface area contributed by atoms with Gasteiger partial charge >= 0.3 is 12.5 Å². The number of hydrogen-bond acceptors (Lipinski definition) is 4. The van der Waals surface area contributed by atoms with Crippen LogP contribution in [0.4, 0.5) is 26.3 Å². The van der Waals surface area contributed by atoms with Crippen LogP contribution in [-0.4, -0.2) is 18.5 Å². The van der Waals surface area contributed by atoms with Crippen molar-refractivity contribution in [3.05, 3.63) is 17.3 Å². The highest BCUT2D eigenvalue weighted by molar-refractivity contribution is 5.45. The van der Waals surface area contributed by atoms with Crippen molar-refractivity contribution in [2.75, 3.05) is 7.11 Å². The lowest BCUT2D eigenvalue weighted by atomic mass is 10.1. The molecule has 0 aromatic carbocycles. The molecule has 0 atom stereocenters. The SMILES string of the molecule is COc1cnc(OC(F)(F)F)c(C(F)(F)F)c1CN. The molecule has 0 spiro atoms. The monoisotopic (exact) mass is 290 g/mol. The summed E-state index contributed by atoms with van der Waals surface area (Å²) in [6.45, 7) is -0.686. The lowest BCUT2D eigenvalue weighted by Gasteiger charge is -2.18. The second-order valence-electron chi connectivity index (χ2n) is 3.23. The van der Waals surface area contributed by atoms with Crippen molar-refractivity contribution in [3.63, 3.8) is 0 Å². The highest BCUT2D eigenvalue weighted by Crippen LogP contribution is 2.42. The first-order chi connectivity index (χ1) is 8.60. The van der Waals surface area contributed by atoms with Gasteiger partial charge in [0, 0.05) is 12.1 Å². The first-order valence-electron chi connectivity index (χ1n) is 4.69. The molecule has 0 bridgehead atoms. The Morgan fingerprint density at radius 1 is 1.21 bits per heavy atom. The van der Waals surface area contributed by atoms with Gasteiger partial charge in [-0.15, -0.1) is 13.2 Å². The average molecular weight is 290 g/mol. The van der Waals surface area contributed by atoms with E-state index in [1.54, 1.807) is 0 Å². The molecule has 1 heterocycles. The minimum atomic E-state index is -5.30. The molecule has 0 aliphatic carbocycles. The van der Waals surface area contributed by atoms with Crippen LogP contribution in [0.2, 0.25) is 0 Å². The van der Waals surface area contributed by atoms with Gasteiger partial charge in [0.1, 0.15) is 11.3 Å². The molecule has 0 fully saturated rings. The Balaban J connectivity index is 3.48. The van der Waals surface area contributed by atoms with Crippen molar-refractivity contribution in [1.82, 2.24) is 4.98 Å². The Kier molecular flexibility index (Phi) is 4.13. The molecular weight excluding hydrogens is 282 g/mol. The number of nitrogens with two attached hydrogens (primary N) is 1. The van der Waals surface area contributed by atoms with E-state index in [0.29, 0.717) is 6.20 Å². The molecule has 0 unspecified atom stereocenters. The van der Waals surface area contributed by atoms with Gasteiger partial charge in [-0.2, -0.15) is 13.2 Å². The molecule has 108 valence electrons. The van der Waals surface area contributed by atoms with E-state index in [2.05, 4.69) is 14.5 Å². The number of aromatic nitrogens is 1. The van der Waals surface area contributed by atoms with Crippen molar-refractivity contribution in [3.8, 4) is 11.6 Å². The zero-order valence-electron chi connectivity index (χ0n) is 9.39. The van der Waals surface area contributed by atoms with Crippen LogP contribution < -0.4 is 15.2 Å². The molecule has 10 heteroatoms. The number of halogens is 6. The number of nitrogens with zero attached hydrogens (tertiary/aromatic N) is 1. The summed E-state index contributed by atoms with van der Waals surface area (Å²) in [7, 11) is 1.04. The third kappa shape index (κ3) is 3.63. The predicted octanol–water partition coefficient (Wildman–Crippen LogP) is 2.47. The van der Waals surface area contributed by atoms with Gasteiger partial charge in [0.15, 0.2) is 0 Å². The fourth-order valence-electron chi connectivity index (χ4n) is 1.37. The van der Waals surface area contributed by atoms with Crippen molar-refractivity contribution >= 4 is 0 Å². The summed E-state index contributed by atoms with van der Waals surface area (Å²) in [5, 5.41) is 0. The van der Waals surface area contributed by atoms with E-state index in [0.717, 1.165) is 7.11 Å². The van der Waals surface area contributed by atoms with Crippen LogP contribution in [0.5, 0.6) is 11.6 Å². The van der Waals surface area contributed by atoms with E-state index in [9.17, 15) is 26.3 Å². The second-order valence-corrected chi connectivity index (χ2v) is 3.23. The van der Waals surface area contributed by atoms with Crippen molar-refractivity contribution in [2.24, 2.45) is 5.73 Å². The van der Waals surface area contributed by atoms with Gasteiger partial charge in [-0.1, -0.05) is 0 Å². The van der Waals surface area contributed by atoms with Gasteiger partial charge in [0.25, 0.3) is 0 Å². The van der Waals surface area contributed by atoms with Gasteiger partial charge in [-0.25, -0.2) is 4.98 Å². The third-order valence-corrected chi connectivity index (χ3v) is 2.03. The topological polar surface area (TPSA) is 57.4 Å². The summed E-state index contributed by atoms with van der Waals surface area (Å²) in [6, 6.07) is 0. The number of ether oxygens (including phenoxy) is 2. The van der Waals surface area contributed by atoms with Gasteiger partial charge in [0.2, 0.25) is 5.88 Å². The summed E-state index contributed by atoms with van der Waals surface area (Å²) in [5.41, 5.74) is 2.75. The van der Waals surface area contributed by atoms with Crippen LogP contribution in [0.3, 0.4) is 0 Å². The van der Waals surface area contributed by atoms with Crippen molar-refractivity contribution < 1.29 is 35.8 Å². The van der Waals surface area contributed by atoms with Crippen molar-refractivity contribution in [1.29, 1.82) is 0 Å². The van der Waals surface area contributed by atoms with E-state index in [1.807, 2.05) is 0 Å². The summed E-state index contributed by atoms with van der Waals surface area (Å²) < 4.78 is 82.3. The minimum absolute atomic E-state index is 0.371. The van der Waals surface area contributed by atoms with Crippen LogP contribution in [0.1, 0.15) is 11.1 Å². The van der Waals surface area contributed by atoms with E-state index in [1.165, 1.54) is 0 Å². The molecular formula is C9H8F6N2O2. The van der Waals surface area contributed by atoms with Crippen LogP contribution in [0.15, 0.2) is 6.20 Å². The van der Waals surface area contributed by atoms with Gasteiger partial charge in [-0.05, 0) is 0 Å². The molecule has 4 nitrogen and oxygen atoms in total. The molecule has 1 aromatic rings. The molecule has 0 aliphatic rings. The van der Waals surface area contributed by atoms with Gasteiger partial charge < -0.3 is 15.2 Å². The maximum absolute atomic E-state index is 12.8. The maximum Gasteiger partial charge on any atom is 0.574 e. The number of methoxy groups -OCH3 is 1. The number of rotatable bonds is 3. The quantitative estimate of drug-likeness (QED) is 0.869. The van der Waals surface area contributed by atoms with E-state index >= 15 is 0 Å². The third-order valence-electron chi connectivity index (χ3n) is 2.03.